The van der Waals surface area contributed by atoms with E-state index in [1.165, 1.54) is 4.68 Å². The first-order chi connectivity index (χ1) is 9.33. The van der Waals surface area contributed by atoms with Crippen LogP contribution in [-0.4, -0.2) is 21.2 Å². The van der Waals surface area contributed by atoms with Gasteiger partial charge in [-0.1, -0.05) is 18.2 Å². The Kier molecular flexibility index (Phi) is 3.61. The molecule has 0 aliphatic carbocycles. The zero-order chi connectivity index (χ0) is 14.9. The van der Waals surface area contributed by atoms with Crippen LogP contribution in [0.3, 0.4) is 0 Å². The fraction of sp³-hybridized carbons (Fsp3) is 0.400. The van der Waals surface area contributed by atoms with Gasteiger partial charge in [0.1, 0.15) is 0 Å². The number of hydrogen-bond acceptors (Lipinski definition) is 3. The Labute approximate surface area is 117 Å². The van der Waals surface area contributed by atoms with Crippen molar-refractivity contribution in [3.8, 4) is 0 Å². The van der Waals surface area contributed by atoms with Crippen LogP contribution in [0.25, 0.3) is 10.8 Å². The summed E-state index contributed by atoms with van der Waals surface area (Å²) < 4.78 is 1.32. The normalized spacial score (nSPS) is 11.6. The summed E-state index contributed by atoms with van der Waals surface area (Å²) in [5, 5.41) is 8.18. The summed E-state index contributed by atoms with van der Waals surface area (Å²) in [5.74, 6) is -0.268. The lowest BCUT2D eigenvalue weighted by atomic mass is 10.1. The number of aromatic nitrogens is 2. The Morgan fingerprint density at radius 1 is 1.25 bits per heavy atom. The van der Waals surface area contributed by atoms with Crippen LogP contribution < -0.4 is 10.9 Å². The van der Waals surface area contributed by atoms with Gasteiger partial charge in [0.25, 0.3) is 11.5 Å². The SMILES string of the molecule is CCn1nc(C(=O)NC(C)(C)C)c2ccccc2c1=O. The van der Waals surface area contributed by atoms with Gasteiger partial charge in [-0.25, -0.2) is 4.68 Å². The molecule has 0 aliphatic heterocycles. The molecular formula is C15H19N3O2. The predicted octanol–water partition coefficient (Wildman–Crippen LogP) is 1.94. The van der Waals surface area contributed by atoms with Crippen molar-refractivity contribution in [3.63, 3.8) is 0 Å². The largest absolute Gasteiger partial charge is 0.346 e. The predicted molar refractivity (Wildman–Crippen MR) is 78.9 cm³/mol. The minimum absolute atomic E-state index is 0.171. The maximum absolute atomic E-state index is 12.4. The second kappa shape index (κ2) is 5.07. The highest BCUT2D eigenvalue weighted by Gasteiger charge is 2.20. The molecule has 0 fully saturated rings. The molecule has 1 heterocycles. The highest BCUT2D eigenvalue weighted by Crippen LogP contribution is 2.14. The van der Waals surface area contributed by atoms with Crippen LogP contribution in [0.15, 0.2) is 29.1 Å². The van der Waals surface area contributed by atoms with Gasteiger partial charge in [-0.05, 0) is 33.8 Å². The summed E-state index contributed by atoms with van der Waals surface area (Å²) in [7, 11) is 0. The van der Waals surface area contributed by atoms with E-state index in [1.807, 2.05) is 27.7 Å². The molecule has 1 N–H and O–H groups in total. The number of carbonyl (C=O) groups is 1. The van der Waals surface area contributed by atoms with Crippen molar-refractivity contribution in [2.45, 2.75) is 39.8 Å². The van der Waals surface area contributed by atoms with Crippen LogP contribution in [0.4, 0.5) is 0 Å². The van der Waals surface area contributed by atoms with Crippen LogP contribution in [0.5, 0.6) is 0 Å². The van der Waals surface area contributed by atoms with Crippen LogP contribution >= 0.6 is 0 Å². The minimum Gasteiger partial charge on any atom is -0.346 e. The quantitative estimate of drug-likeness (QED) is 0.909. The number of nitrogens with zero attached hydrogens (tertiary/aromatic N) is 2. The van der Waals surface area contributed by atoms with Gasteiger partial charge in [0.15, 0.2) is 5.69 Å². The van der Waals surface area contributed by atoms with E-state index >= 15 is 0 Å². The molecule has 0 radical (unpaired) electrons. The van der Waals surface area contributed by atoms with Crippen molar-refractivity contribution in [1.29, 1.82) is 0 Å². The van der Waals surface area contributed by atoms with E-state index in [9.17, 15) is 9.59 Å². The number of fused-ring (bicyclic) bond motifs is 1. The maximum Gasteiger partial charge on any atom is 0.274 e. The molecule has 1 amide bonds. The van der Waals surface area contributed by atoms with E-state index in [0.717, 1.165) is 0 Å². The first kappa shape index (κ1) is 14.2. The number of amides is 1. The molecule has 0 unspecified atom stereocenters. The van der Waals surface area contributed by atoms with Gasteiger partial charge in [0, 0.05) is 17.5 Å². The molecule has 0 saturated heterocycles. The molecule has 0 spiro atoms. The summed E-state index contributed by atoms with van der Waals surface area (Å²) in [6.45, 7) is 7.98. The van der Waals surface area contributed by atoms with Crippen molar-refractivity contribution in [3.05, 3.63) is 40.3 Å². The van der Waals surface area contributed by atoms with Gasteiger partial charge in [-0.2, -0.15) is 5.10 Å². The lowest BCUT2D eigenvalue weighted by molar-refractivity contribution is 0.0914. The Morgan fingerprint density at radius 3 is 2.40 bits per heavy atom. The summed E-state index contributed by atoms with van der Waals surface area (Å²) in [6.07, 6.45) is 0. The van der Waals surface area contributed by atoms with Gasteiger partial charge < -0.3 is 5.32 Å². The second-order valence-corrected chi connectivity index (χ2v) is 5.72. The monoisotopic (exact) mass is 273 g/mol. The fourth-order valence-corrected chi connectivity index (χ4v) is 2.02. The molecule has 1 aromatic heterocycles. The summed E-state index contributed by atoms with van der Waals surface area (Å²) in [6, 6.07) is 7.06. The van der Waals surface area contributed by atoms with E-state index in [0.29, 0.717) is 17.3 Å². The molecule has 5 nitrogen and oxygen atoms in total. The van der Waals surface area contributed by atoms with Crippen LogP contribution in [0.2, 0.25) is 0 Å². The van der Waals surface area contributed by atoms with Gasteiger partial charge >= 0.3 is 0 Å². The van der Waals surface area contributed by atoms with Crippen molar-refractivity contribution in [2.24, 2.45) is 0 Å². The second-order valence-electron chi connectivity index (χ2n) is 5.72. The third-order valence-corrected chi connectivity index (χ3v) is 2.87. The Morgan fingerprint density at radius 2 is 1.85 bits per heavy atom. The molecule has 106 valence electrons. The maximum atomic E-state index is 12.4. The topological polar surface area (TPSA) is 64.0 Å². The standard InChI is InChI=1S/C15H19N3O2/c1-5-18-14(20)11-9-7-6-8-10(11)12(17-18)13(19)16-15(2,3)4/h6-9H,5H2,1-4H3,(H,16,19). The number of benzene rings is 1. The van der Waals surface area contributed by atoms with Crippen molar-refractivity contribution >= 4 is 16.7 Å². The zero-order valence-electron chi connectivity index (χ0n) is 12.2. The number of hydrogen-bond donors (Lipinski definition) is 1. The Bertz CT molecular complexity index is 711. The van der Waals surface area contributed by atoms with E-state index in [1.54, 1.807) is 24.3 Å². The van der Waals surface area contributed by atoms with Crippen LogP contribution in [-0.2, 0) is 6.54 Å². The number of aryl methyl sites for hydroxylation is 1. The molecule has 20 heavy (non-hydrogen) atoms. The number of nitrogens with one attached hydrogen (secondary N) is 1. The molecular weight excluding hydrogens is 254 g/mol. The van der Waals surface area contributed by atoms with Gasteiger partial charge in [0.2, 0.25) is 0 Å². The first-order valence-corrected chi connectivity index (χ1v) is 6.66. The Hall–Kier alpha value is -2.17. The third kappa shape index (κ3) is 2.71. The lowest BCUT2D eigenvalue weighted by Crippen LogP contribution is -2.42. The fourth-order valence-electron chi connectivity index (χ4n) is 2.02. The molecule has 2 rings (SSSR count). The molecule has 0 atom stereocenters. The average molecular weight is 273 g/mol. The number of rotatable bonds is 2. The Balaban J connectivity index is 2.67. The van der Waals surface area contributed by atoms with Crippen molar-refractivity contribution < 1.29 is 4.79 Å². The van der Waals surface area contributed by atoms with Gasteiger partial charge in [-0.15, -0.1) is 0 Å². The smallest absolute Gasteiger partial charge is 0.274 e. The summed E-state index contributed by atoms with van der Waals surface area (Å²) >= 11 is 0. The minimum atomic E-state index is -0.354. The molecule has 5 heteroatoms. The third-order valence-electron chi connectivity index (χ3n) is 2.87. The van der Waals surface area contributed by atoms with Crippen molar-refractivity contribution in [2.75, 3.05) is 0 Å². The molecule has 2 aromatic rings. The molecule has 0 bridgehead atoms. The van der Waals surface area contributed by atoms with Crippen molar-refractivity contribution in [1.82, 2.24) is 15.1 Å². The van der Waals surface area contributed by atoms with Crippen LogP contribution in [0.1, 0.15) is 38.2 Å². The zero-order valence-corrected chi connectivity index (χ0v) is 12.2. The van der Waals surface area contributed by atoms with E-state index < -0.39 is 0 Å². The summed E-state index contributed by atoms with van der Waals surface area (Å²) in [4.78, 5) is 24.6. The molecule has 0 aliphatic rings. The van der Waals surface area contributed by atoms with E-state index in [4.69, 9.17) is 0 Å². The lowest BCUT2D eigenvalue weighted by Gasteiger charge is -2.20. The van der Waals surface area contributed by atoms with Crippen LogP contribution in [0, 0.1) is 0 Å². The first-order valence-electron chi connectivity index (χ1n) is 6.66. The molecule has 1 aromatic carbocycles. The molecule has 0 saturated carbocycles. The van der Waals surface area contributed by atoms with E-state index in [2.05, 4.69) is 10.4 Å². The van der Waals surface area contributed by atoms with E-state index in [-0.39, 0.29) is 22.7 Å². The summed E-state index contributed by atoms with van der Waals surface area (Å²) in [5.41, 5.74) is -0.236. The van der Waals surface area contributed by atoms with Gasteiger partial charge in [0.05, 0.1) is 5.39 Å². The highest BCUT2D eigenvalue weighted by atomic mass is 16.2. The number of carbonyl (C=O) groups excluding carboxylic acids is 1. The van der Waals surface area contributed by atoms with Gasteiger partial charge in [-0.3, -0.25) is 9.59 Å². The highest BCUT2D eigenvalue weighted by molar-refractivity contribution is 6.05. The average Bonchev–Trinajstić information content (AvgIpc) is 2.37.